The Morgan fingerprint density at radius 1 is 1.00 bits per heavy atom. The Kier molecular flexibility index (Phi) is 6.86. The molecule has 7 nitrogen and oxygen atoms in total. The van der Waals surface area contributed by atoms with E-state index in [-0.39, 0.29) is 10.8 Å². The van der Waals surface area contributed by atoms with Crippen LogP contribution in [0, 0.1) is 13.8 Å². The van der Waals surface area contributed by atoms with Crippen LogP contribution < -0.4 is 15.2 Å². The summed E-state index contributed by atoms with van der Waals surface area (Å²) >= 11 is 0. The highest BCUT2D eigenvalue weighted by molar-refractivity contribution is 7.89. The molecule has 0 saturated heterocycles. The summed E-state index contributed by atoms with van der Waals surface area (Å²) in [5, 5.41) is 8.97. The molecule has 0 bridgehead atoms. The van der Waals surface area contributed by atoms with Gasteiger partial charge in [0.1, 0.15) is 5.75 Å². The highest BCUT2D eigenvalue weighted by Gasteiger charge is 2.19. The molecule has 0 aliphatic carbocycles. The highest BCUT2D eigenvalue weighted by Crippen LogP contribution is 2.31. The van der Waals surface area contributed by atoms with E-state index in [1.165, 1.54) is 12.1 Å². The van der Waals surface area contributed by atoms with Crippen molar-refractivity contribution in [3.63, 3.8) is 0 Å². The molecule has 1 heterocycles. The van der Waals surface area contributed by atoms with Gasteiger partial charge in [0, 0.05) is 17.5 Å². The predicted octanol–water partition coefficient (Wildman–Crippen LogP) is 4.15. The minimum atomic E-state index is -3.73. The minimum absolute atomic E-state index is 0.0607. The van der Waals surface area contributed by atoms with E-state index in [2.05, 4.69) is 5.32 Å². The zero-order valence-corrected chi connectivity index (χ0v) is 20.6. The van der Waals surface area contributed by atoms with Gasteiger partial charge in [-0.15, -0.1) is 0 Å². The van der Waals surface area contributed by atoms with Gasteiger partial charge in [-0.05, 0) is 79.9 Å². The Morgan fingerprint density at radius 3 is 2.31 bits per heavy atom. The van der Waals surface area contributed by atoms with E-state index in [1.807, 2.05) is 56.3 Å². The second kappa shape index (κ2) is 9.85. The molecular weight excluding hydrogens is 462 g/mol. The largest absolute Gasteiger partial charge is 0.497 e. The number of hydrogen-bond acceptors (Lipinski definition) is 5. The number of nitrogens with zero attached hydrogens (tertiary/aromatic N) is 1. The van der Waals surface area contributed by atoms with Crippen molar-refractivity contribution in [3.05, 3.63) is 89.0 Å². The first kappa shape index (κ1) is 24.4. The maximum atomic E-state index is 13.4. The molecule has 0 spiro atoms. The number of ether oxygens (including phenoxy) is 1. The van der Waals surface area contributed by atoms with Crippen LogP contribution in [0.15, 0.2) is 71.6 Å². The van der Waals surface area contributed by atoms with E-state index in [0.717, 1.165) is 44.6 Å². The van der Waals surface area contributed by atoms with Crippen molar-refractivity contribution in [3.8, 4) is 17.0 Å². The van der Waals surface area contributed by atoms with Crippen LogP contribution in [0.5, 0.6) is 5.75 Å². The summed E-state index contributed by atoms with van der Waals surface area (Å²) in [5.74, 6) is 0.564. The number of hydrogen-bond donors (Lipinski definition) is 2. The number of nitrogens with two attached hydrogens (primary N) is 1. The summed E-state index contributed by atoms with van der Waals surface area (Å²) in [7, 11) is -2.11. The molecule has 180 valence electrons. The Balaban J connectivity index is 1.63. The lowest BCUT2D eigenvalue weighted by atomic mass is 9.96. The number of rotatable bonds is 7. The van der Waals surface area contributed by atoms with Gasteiger partial charge in [0.15, 0.2) is 0 Å². The van der Waals surface area contributed by atoms with Crippen LogP contribution in [0.25, 0.3) is 22.2 Å². The van der Waals surface area contributed by atoms with Gasteiger partial charge in [0.2, 0.25) is 10.0 Å². The summed E-state index contributed by atoms with van der Waals surface area (Å²) < 4.78 is 28.1. The second-order valence-corrected chi connectivity index (χ2v) is 9.97. The zero-order valence-electron chi connectivity index (χ0n) is 19.8. The third-order valence-corrected chi connectivity index (χ3v) is 6.85. The topological polar surface area (TPSA) is 111 Å². The molecule has 3 aromatic carbocycles. The summed E-state index contributed by atoms with van der Waals surface area (Å²) in [6.07, 6.45) is 0.545. The molecule has 0 atom stereocenters. The molecule has 0 radical (unpaired) electrons. The van der Waals surface area contributed by atoms with Crippen LogP contribution in [0.1, 0.15) is 27.0 Å². The molecule has 1 amide bonds. The van der Waals surface area contributed by atoms with Crippen LogP contribution in [0.2, 0.25) is 0 Å². The van der Waals surface area contributed by atoms with Crippen LogP contribution in [0.4, 0.5) is 0 Å². The molecule has 8 heteroatoms. The van der Waals surface area contributed by atoms with Gasteiger partial charge in [-0.25, -0.2) is 18.5 Å². The van der Waals surface area contributed by atoms with Crippen LogP contribution in [-0.4, -0.2) is 33.0 Å². The summed E-state index contributed by atoms with van der Waals surface area (Å²) in [5.41, 5.74) is 5.71. The van der Waals surface area contributed by atoms with Crippen molar-refractivity contribution < 1.29 is 17.9 Å². The third kappa shape index (κ3) is 5.34. The fourth-order valence-electron chi connectivity index (χ4n) is 4.05. The SMILES string of the molecule is COc1ccc(-c2nc3ccc(C)cc3c(C(=O)NCCc3ccc(S(N)(=O)=O)cc3)c2C)cc1. The Labute approximate surface area is 205 Å². The maximum Gasteiger partial charge on any atom is 0.252 e. The quantitative estimate of drug-likeness (QED) is 0.405. The summed E-state index contributed by atoms with van der Waals surface area (Å²) in [6, 6.07) is 19.8. The number of carbonyl (C=O) groups excluding carboxylic acids is 1. The number of methoxy groups -OCH3 is 1. The predicted molar refractivity (Wildman–Crippen MR) is 137 cm³/mol. The lowest BCUT2D eigenvalue weighted by Crippen LogP contribution is -2.27. The number of aromatic nitrogens is 1. The molecule has 1 aromatic heterocycles. The average Bonchev–Trinajstić information content (AvgIpc) is 2.83. The molecular formula is C27H27N3O4S. The van der Waals surface area contributed by atoms with Gasteiger partial charge in [-0.3, -0.25) is 4.79 Å². The first-order valence-corrected chi connectivity index (χ1v) is 12.7. The zero-order chi connectivity index (χ0) is 25.2. The molecule has 35 heavy (non-hydrogen) atoms. The number of sulfonamides is 1. The van der Waals surface area contributed by atoms with Crippen molar-refractivity contribution in [1.29, 1.82) is 0 Å². The second-order valence-electron chi connectivity index (χ2n) is 8.40. The van der Waals surface area contributed by atoms with Crippen molar-refractivity contribution >= 4 is 26.8 Å². The van der Waals surface area contributed by atoms with E-state index < -0.39 is 10.0 Å². The average molecular weight is 490 g/mol. The van der Waals surface area contributed by atoms with Gasteiger partial charge in [0.05, 0.1) is 28.8 Å². The number of aryl methyl sites for hydroxylation is 1. The molecule has 0 saturated carbocycles. The monoisotopic (exact) mass is 489 g/mol. The molecule has 4 rings (SSSR count). The van der Waals surface area contributed by atoms with Gasteiger partial charge < -0.3 is 10.1 Å². The highest BCUT2D eigenvalue weighted by atomic mass is 32.2. The Bertz CT molecular complexity index is 1500. The van der Waals surface area contributed by atoms with E-state index >= 15 is 0 Å². The van der Waals surface area contributed by atoms with Crippen molar-refractivity contribution in [2.75, 3.05) is 13.7 Å². The standard InChI is InChI=1S/C27H27N3O4S/c1-17-4-13-24-23(16-17)25(18(2)26(30-24)20-7-9-21(34-3)10-8-20)27(31)29-15-14-19-5-11-22(12-6-19)35(28,32)33/h4-13,16H,14-15H2,1-3H3,(H,29,31)(H2,28,32,33). The molecule has 0 aliphatic rings. The van der Waals surface area contributed by atoms with E-state index in [9.17, 15) is 13.2 Å². The van der Waals surface area contributed by atoms with Crippen molar-refractivity contribution in [1.82, 2.24) is 10.3 Å². The summed E-state index contributed by atoms with van der Waals surface area (Å²) in [4.78, 5) is 18.3. The van der Waals surface area contributed by atoms with Gasteiger partial charge in [-0.1, -0.05) is 23.8 Å². The minimum Gasteiger partial charge on any atom is -0.497 e. The number of nitrogens with one attached hydrogen (secondary N) is 1. The smallest absolute Gasteiger partial charge is 0.252 e. The number of primary sulfonamides is 1. The lowest BCUT2D eigenvalue weighted by molar-refractivity contribution is 0.0955. The van der Waals surface area contributed by atoms with E-state index in [4.69, 9.17) is 14.9 Å². The molecule has 0 aliphatic heterocycles. The Hall–Kier alpha value is -3.75. The molecule has 0 unspecified atom stereocenters. The van der Waals surface area contributed by atoms with Gasteiger partial charge in [-0.2, -0.15) is 0 Å². The molecule has 4 aromatic rings. The fraction of sp³-hybridized carbons (Fsp3) is 0.185. The molecule has 0 fully saturated rings. The number of pyridine rings is 1. The van der Waals surface area contributed by atoms with E-state index in [1.54, 1.807) is 19.2 Å². The van der Waals surface area contributed by atoms with Crippen molar-refractivity contribution in [2.24, 2.45) is 5.14 Å². The van der Waals surface area contributed by atoms with Crippen LogP contribution >= 0.6 is 0 Å². The van der Waals surface area contributed by atoms with E-state index in [0.29, 0.717) is 18.5 Å². The number of fused-ring (bicyclic) bond motifs is 1. The van der Waals surface area contributed by atoms with Crippen LogP contribution in [-0.2, 0) is 16.4 Å². The number of carbonyl (C=O) groups is 1. The first-order chi connectivity index (χ1) is 16.7. The van der Waals surface area contributed by atoms with Crippen molar-refractivity contribution in [2.45, 2.75) is 25.2 Å². The Morgan fingerprint density at radius 2 is 1.69 bits per heavy atom. The number of amides is 1. The normalized spacial score (nSPS) is 11.4. The first-order valence-electron chi connectivity index (χ1n) is 11.1. The van der Waals surface area contributed by atoms with Crippen LogP contribution in [0.3, 0.4) is 0 Å². The summed E-state index contributed by atoms with van der Waals surface area (Å²) in [6.45, 7) is 4.29. The number of benzene rings is 3. The third-order valence-electron chi connectivity index (χ3n) is 5.93. The molecule has 3 N–H and O–H groups in total. The van der Waals surface area contributed by atoms with Gasteiger partial charge >= 0.3 is 0 Å². The lowest BCUT2D eigenvalue weighted by Gasteiger charge is -2.15. The fourth-order valence-corrected chi connectivity index (χ4v) is 4.56. The van der Waals surface area contributed by atoms with Gasteiger partial charge in [0.25, 0.3) is 5.91 Å². The maximum absolute atomic E-state index is 13.4.